The maximum Gasteiger partial charge on any atom is 0.342 e. The molecule has 4 nitrogen and oxygen atoms in total. The van der Waals surface area contributed by atoms with E-state index in [-0.39, 0.29) is 23.5 Å². The van der Waals surface area contributed by atoms with E-state index in [0.29, 0.717) is 13.0 Å². The van der Waals surface area contributed by atoms with E-state index < -0.39 is 5.97 Å². The van der Waals surface area contributed by atoms with Gasteiger partial charge in [-0.25, -0.2) is 4.79 Å². The maximum atomic E-state index is 11.4. The molecular weight excluding hydrogens is 184 g/mol. The summed E-state index contributed by atoms with van der Waals surface area (Å²) >= 11 is 0. The standard InChI is InChI=1S/C10H16O4/c1-4-6-8(11)9(10(12)13)7(3)14-5-2/h4-6H2,1-3H3,(H,12,13). The van der Waals surface area contributed by atoms with Crippen LogP contribution in [-0.4, -0.2) is 23.5 Å². The van der Waals surface area contributed by atoms with Crippen LogP contribution in [0.4, 0.5) is 0 Å². The number of hydrogen-bond donors (Lipinski definition) is 1. The number of hydrogen-bond acceptors (Lipinski definition) is 3. The minimum absolute atomic E-state index is 0.193. The number of carbonyl (C=O) groups excluding carboxylic acids is 1. The lowest BCUT2D eigenvalue weighted by molar-refractivity contribution is -0.135. The molecule has 1 N–H and O–H groups in total. The van der Waals surface area contributed by atoms with E-state index >= 15 is 0 Å². The summed E-state index contributed by atoms with van der Waals surface area (Å²) in [6.45, 7) is 5.43. The molecule has 0 bridgehead atoms. The van der Waals surface area contributed by atoms with Crippen molar-refractivity contribution >= 4 is 11.8 Å². The van der Waals surface area contributed by atoms with E-state index in [9.17, 15) is 9.59 Å². The number of Topliss-reactive ketones (excluding diaryl/α,β-unsaturated/α-hetero) is 1. The molecule has 0 spiro atoms. The number of ketones is 1. The third-order valence-electron chi connectivity index (χ3n) is 1.68. The first-order valence-corrected chi connectivity index (χ1v) is 4.64. The summed E-state index contributed by atoms with van der Waals surface area (Å²) in [6.07, 6.45) is 0.876. The summed E-state index contributed by atoms with van der Waals surface area (Å²) in [6, 6.07) is 0. The van der Waals surface area contributed by atoms with E-state index in [2.05, 4.69) is 0 Å². The number of carboxylic acid groups (broad SMARTS) is 1. The minimum atomic E-state index is -1.21. The molecule has 0 unspecified atom stereocenters. The molecule has 0 saturated carbocycles. The highest BCUT2D eigenvalue weighted by molar-refractivity contribution is 6.16. The number of ether oxygens (including phenoxy) is 1. The third-order valence-corrected chi connectivity index (χ3v) is 1.68. The first kappa shape index (κ1) is 12.7. The first-order chi connectivity index (χ1) is 6.54. The first-order valence-electron chi connectivity index (χ1n) is 4.64. The quantitative estimate of drug-likeness (QED) is 0.307. The van der Waals surface area contributed by atoms with Gasteiger partial charge in [0.25, 0.3) is 0 Å². The van der Waals surface area contributed by atoms with E-state index in [1.165, 1.54) is 6.92 Å². The van der Waals surface area contributed by atoms with Gasteiger partial charge < -0.3 is 9.84 Å². The summed E-state index contributed by atoms with van der Waals surface area (Å²) in [5.41, 5.74) is -0.228. The van der Waals surface area contributed by atoms with Crippen molar-refractivity contribution in [2.75, 3.05) is 6.61 Å². The lowest BCUT2D eigenvalue weighted by Gasteiger charge is -2.07. The molecule has 0 fully saturated rings. The zero-order chi connectivity index (χ0) is 11.1. The molecule has 14 heavy (non-hydrogen) atoms. The Morgan fingerprint density at radius 1 is 1.29 bits per heavy atom. The van der Waals surface area contributed by atoms with Gasteiger partial charge in [-0.2, -0.15) is 0 Å². The molecule has 0 aromatic rings. The van der Waals surface area contributed by atoms with Crippen LogP contribution in [0, 0.1) is 0 Å². The van der Waals surface area contributed by atoms with Gasteiger partial charge in [0.05, 0.1) is 6.61 Å². The lowest BCUT2D eigenvalue weighted by atomic mass is 10.1. The SMILES string of the molecule is CCCC(=O)C(C(=O)O)=C(C)OCC. The Morgan fingerprint density at radius 3 is 2.21 bits per heavy atom. The van der Waals surface area contributed by atoms with Crippen molar-refractivity contribution in [3.63, 3.8) is 0 Å². The van der Waals surface area contributed by atoms with Crippen LogP contribution in [0.25, 0.3) is 0 Å². The van der Waals surface area contributed by atoms with Crippen LogP contribution in [0.3, 0.4) is 0 Å². The van der Waals surface area contributed by atoms with Crippen LogP contribution in [0.2, 0.25) is 0 Å². The smallest absolute Gasteiger partial charge is 0.342 e. The fourth-order valence-corrected chi connectivity index (χ4v) is 1.11. The van der Waals surface area contributed by atoms with Crippen LogP contribution in [0.5, 0.6) is 0 Å². The topological polar surface area (TPSA) is 63.6 Å². The molecule has 0 radical (unpaired) electrons. The van der Waals surface area contributed by atoms with Crippen LogP contribution in [-0.2, 0) is 14.3 Å². The van der Waals surface area contributed by atoms with Crippen molar-refractivity contribution in [1.82, 2.24) is 0 Å². The second-order valence-electron chi connectivity index (χ2n) is 2.84. The Kier molecular flexibility index (Phi) is 5.60. The Balaban J connectivity index is 4.83. The third kappa shape index (κ3) is 3.60. The van der Waals surface area contributed by atoms with E-state index in [1.54, 1.807) is 6.92 Å². The molecule has 0 aromatic carbocycles. The van der Waals surface area contributed by atoms with Crippen molar-refractivity contribution in [2.45, 2.75) is 33.6 Å². The van der Waals surface area contributed by atoms with Crippen molar-refractivity contribution in [2.24, 2.45) is 0 Å². The summed E-state index contributed by atoms with van der Waals surface area (Å²) < 4.78 is 5.01. The Morgan fingerprint density at radius 2 is 1.86 bits per heavy atom. The largest absolute Gasteiger partial charge is 0.497 e. The lowest BCUT2D eigenvalue weighted by Crippen LogP contribution is -2.15. The fourth-order valence-electron chi connectivity index (χ4n) is 1.11. The van der Waals surface area contributed by atoms with Gasteiger partial charge >= 0.3 is 5.97 Å². The van der Waals surface area contributed by atoms with Crippen molar-refractivity contribution < 1.29 is 19.4 Å². The number of allylic oxidation sites excluding steroid dienone is 1. The van der Waals surface area contributed by atoms with Crippen LogP contribution in [0.1, 0.15) is 33.6 Å². The highest BCUT2D eigenvalue weighted by Gasteiger charge is 2.20. The second kappa shape index (κ2) is 6.18. The molecule has 0 aliphatic heterocycles. The zero-order valence-corrected chi connectivity index (χ0v) is 8.79. The molecule has 0 saturated heterocycles. The maximum absolute atomic E-state index is 11.4. The van der Waals surface area contributed by atoms with Gasteiger partial charge in [0, 0.05) is 6.42 Å². The molecule has 0 rings (SSSR count). The predicted molar refractivity (Wildman–Crippen MR) is 51.9 cm³/mol. The Hall–Kier alpha value is -1.32. The number of carbonyl (C=O) groups is 2. The molecule has 0 heterocycles. The summed E-state index contributed by atoms with van der Waals surface area (Å²) in [4.78, 5) is 22.2. The molecule has 0 aliphatic rings. The number of carboxylic acids is 1. The normalized spacial score (nSPS) is 11.9. The van der Waals surface area contributed by atoms with E-state index in [0.717, 1.165) is 0 Å². The highest BCUT2D eigenvalue weighted by atomic mass is 16.5. The monoisotopic (exact) mass is 200 g/mol. The summed E-state index contributed by atoms with van der Waals surface area (Å²) in [5.74, 6) is -1.39. The van der Waals surface area contributed by atoms with Crippen molar-refractivity contribution in [1.29, 1.82) is 0 Å². The minimum Gasteiger partial charge on any atom is -0.497 e. The number of aliphatic carboxylic acids is 1. The van der Waals surface area contributed by atoms with E-state index in [1.807, 2.05) is 6.92 Å². The molecule has 0 aromatic heterocycles. The van der Waals surface area contributed by atoms with Crippen molar-refractivity contribution in [3.05, 3.63) is 11.3 Å². The van der Waals surface area contributed by atoms with Gasteiger partial charge in [-0.15, -0.1) is 0 Å². The predicted octanol–water partition coefficient (Wildman–Crippen LogP) is 1.75. The zero-order valence-electron chi connectivity index (χ0n) is 8.79. The summed E-state index contributed by atoms with van der Waals surface area (Å²) in [5, 5.41) is 8.81. The van der Waals surface area contributed by atoms with Gasteiger partial charge in [0.15, 0.2) is 5.78 Å². The van der Waals surface area contributed by atoms with Gasteiger partial charge in [-0.05, 0) is 20.3 Å². The van der Waals surface area contributed by atoms with Gasteiger partial charge in [0.2, 0.25) is 0 Å². The number of rotatable bonds is 6. The summed E-state index contributed by atoms with van der Waals surface area (Å²) in [7, 11) is 0. The molecule has 0 amide bonds. The second-order valence-corrected chi connectivity index (χ2v) is 2.84. The Bertz CT molecular complexity index is 253. The van der Waals surface area contributed by atoms with Crippen LogP contribution >= 0.6 is 0 Å². The van der Waals surface area contributed by atoms with E-state index in [4.69, 9.17) is 9.84 Å². The Labute approximate surface area is 83.6 Å². The van der Waals surface area contributed by atoms with Gasteiger partial charge in [-0.3, -0.25) is 4.79 Å². The molecule has 80 valence electrons. The average molecular weight is 200 g/mol. The fraction of sp³-hybridized carbons (Fsp3) is 0.600. The van der Waals surface area contributed by atoms with Crippen LogP contribution < -0.4 is 0 Å². The van der Waals surface area contributed by atoms with Gasteiger partial charge in [0.1, 0.15) is 11.3 Å². The molecule has 4 heteroatoms. The van der Waals surface area contributed by atoms with Crippen LogP contribution in [0.15, 0.2) is 11.3 Å². The van der Waals surface area contributed by atoms with Gasteiger partial charge in [-0.1, -0.05) is 6.92 Å². The molecular formula is C10H16O4. The van der Waals surface area contributed by atoms with Crippen molar-refractivity contribution in [3.8, 4) is 0 Å². The molecule has 0 atom stereocenters. The highest BCUT2D eigenvalue weighted by Crippen LogP contribution is 2.10. The average Bonchev–Trinajstić information content (AvgIpc) is 2.04. The molecule has 0 aliphatic carbocycles.